The molecule has 0 heterocycles. The van der Waals surface area contributed by atoms with E-state index in [2.05, 4.69) is 21.9 Å². The van der Waals surface area contributed by atoms with Gasteiger partial charge in [-0.1, -0.05) is 17.9 Å². The number of benzene rings is 1. The number of hydrogen-bond acceptors (Lipinski definition) is 3. The highest BCUT2D eigenvalue weighted by Gasteiger charge is 2.15. The molecule has 0 radical (unpaired) electrons. The second kappa shape index (κ2) is 7.59. The van der Waals surface area contributed by atoms with Crippen molar-refractivity contribution in [2.24, 2.45) is 0 Å². The summed E-state index contributed by atoms with van der Waals surface area (Å²) in [6, 6.07) is 3.49. The molecule has 0 saturated heterocycles. The van der Waals surface area contributed by atoms with E-state index in [4.69, 9.17) is 4.74 Å². The first-order valence-corrected chi connectivity index (χ1v) is 6.38. The van der Waals surface area contributed by atoms with Gasteiger partial charge in [0.2, 0.25) is 0 Å². The van der Waals surface area contributed by atoms with Gasteiger partial charge in [0.1, 0.15) is 22.7 Å². The Bertz CT molecular complexity index is 586. The molecule has 1 rings (SSSR count). The summed E-state index contributed by atoms with van der Waals surface area (Å²) < 4.78 is 47.2. The Morgan fingerprint density at radius 2 is 2.05 bits per heavy atom. The van der Waals surface area contributed by atoms with Crippen LogP contribution in [0.5, 0.6) is 5.75 Å². The monoisotopic (exact) mass is 315 g/mol. The molecule has 1 aromatic carbocycles. The molecule has 1 amide bonds. The van der Waals surface area contributed by atoms with E-state index >= 15 is 0 Å². The van der Waals surface area contributed by atoms with E-state index in [0.29, 0.717) is 0 Å². The van der Waals surface area contributed by atoms with Crippen LogP contribution in [0.2, 0.25) is 0 Å². The summed E-state index contributed by atoms with van der Waals surface area (Å²) in [5.74, 6) is 3.65. The molecule has 1 N–H and O–H groups in total. The molecule has 120 valence electrons. The number of carbonyl (C=O) groups is 1. The molecule has 0 aliphatic rings. The van der Waals surface area contributed by atoms with Crippen LogP contribution in [0, 0.1) is 17.7 Å². The van der Waals surface area contributed by atoms with Crippen molar-refractivity contribution in [3.05, 3.63) is 29.6 Å². The number of hydrogen-bond donors (Lipinski definition) is 1. The van der Waals surface area contributed by atoms with Crippen LogP contribution in [-0.2, 0) is 4.74 Å². The van der Waals surface area contributed by atoms with Gasteiger partial charge in [-0.25, -0.2) is 9.18 Å². The van der Waals surface area contributed by atoms with E-state index < -0.39 is 24.1 Å². The van der Waals surface area contributed by atoms with Crippen LogP contribution in [0.3, 0.4) is 0 Å². The topological polar surface area (TPSA) is 47.6 Å². The van der Waals surface area contributed by atoms with Crippen molar-refractivity contribution in [2.75, 3.05) is 6.54 Å². The van der Waals surface area contributed by atoms with Gasteiger partial charge in [-0.2, -0.15) is 8.78 Å². The zero-order valence-electron chi connectivity index (χ0n) is 12.4. The van der Waals surface area contributed by atoms with Gasteiger partial charge in [0.05, 0.1) is 6.54 Å². The fourth-order valence-corrected chi connectivity index (χ4v) is 1.38. The Balaban J connectivity index is 2.70. The maximum atomic E-state index is 13.6. The zero-order chi connectivity index (χ0) is 16.8. The van der Waals surface area contributed by atoms with E-state index in [0.717, 1.165) is 6.07 Å². The average molecular weight is 315 g/mol. The third kappa shape index (κ3) is 6.39. The lowest BCUT2D eigenvalue weighted by Crippen LogP contribution is -2.32. The molecular formula is C15H16F3NO3. The van der Waals surface area contributed by atoms with Crippen LogP contribution in [0.4, 0.5) is 18.0 Å². The molecule has 4 nitrogen and oxygen atoms in total. The van der Waals surface area contributed by atoms with Gasteiger partial charge in [-0.15, -0.1) is 0 Å². The van der Waals surface area contributed by atoms with Gasteiger partial charge in [0.25, 0.3) is 0 Å². The number of halogens is 3. The van der Waals surface area contributed by atoms with Crippen molar-refractivity contribution in [3.8, 4) is 17.6 Å². The number of amides is 1. The summed E-state index contributed by atoms with van der Waals surface area (Å²) in [5, 5.41) is 2.34. The number of ether oxygens (including phenoxy) is 2. The molecule has 22 heavy (non-hydrogen) atoms. The van der Waals surface area contributed by atoms with E-state index in [1.165, 1.54) is 12.1 Å². The van der Waals surface area contributed by atoms with Gasteiger partial charge < -0.3 is 14.8 Å². The smallest absolute Gasteiger partial charge is 0.408 e. The van der Waals surface area contributed by atoms with Crippen molar-refractivity contribution < 1.29 is 27.4 Å². The molecule has 7 heteroatoms. The fourth-order valence-electron chi connectivity index (χ4n) is 1.38. The zero-order valence-corrected chi connectivity index (χ0v) is 12.4. The Labute approximate surface area is 126 Å². The highest BCUT2D eigenvalue weighted by molar-refractivity contribution is 5.68. The molecule has 0 saturated carbocycles. The molecule has 0 atom stereocenters. The third-order valence-electron chi connectivity index (χ3n) is 2.12. The van der Waals surface area contributed by atoms with Gasteiger partial charge in [0.15, 0.2) is 0 Å². The summed E-state index contributed by atoms with van der Waals surface area (Å²) in [7, 11) is 0. The van der Waals surface area contributed by atoms with Gasteiger partial charge in [-0.05, 0) is 32.9 Å². The van der Waals surface area contributed by atoms with Gasteiger partial charge in [-0.3, -0.25) is 0 Å². The largest absolute Gasteiger partial charge is 0.444 e. The fraction of sp³-hybridized carbons (Fsp3) is 0.400. The Morgan fingerprint density at radius 1 is 1.36 bits per heavy atom. The van der Waals surface area contributed by atoms with Crippen LogP contribution in [-0.4, -0.2) is 24.9 Å². The minimum Gasteiger partial charge on any atom is -0.444 e. The summed E-state index contributed by atoms with van der Waals surface area (Å²) in [6.07, 6.45) is -0.681. The number of carbonyl (C=O) groups excluding carboxylic acids is 1. The molecule has 0 fully saturated rings. The predicted octanol–water partition coefficient (Wildman–Crippen LogP) is 3.30. The molecule has 0 aliphatic heterocycles. The van der Waals surface area contributed by atoms with E-state index in [1.807, 2.05) is 0 Å². The van der Waals surface area contributed by atoms with Crippen LogP contribution in [0.25, 0.3) is 0 Å². The van der Waals surface area contributed by atoms with Crippen LogP contribution < -0.4 is 10.1 Å². The quantitative estimate of drug-likeness (QED) is 0.871. The van der Waals surface area contributed by atoms with Crippen molar-refractivity contribution in [1.82, 2.24) is 5.32 Å². The maximum absolute atomic E-state index is 13.6. The second-order valence-electron chi connectivity index (χ2n) is 5.15. The molecule has 0 spiro atoms. The average Bonchev–Trinajstić information content (AvgIpc) is 2.34. The summed E-state index contributed by atoms with van der Waals surface area (Å²) in [5.41, 5.74) is -0.949. The Morgan fingerprint density at radius 3 is 2.64 bits per heavy atom. The van der Waals surface area contributed by atoms with Gasteiger partial charge in [0, 0.05) is 0 Å². The first-order valence-electron chi connectivity index (χ1n) is 6.38. The number of alkyl halides is 2. The van der Waals surface area contributed by atoms with Crippen molar-refractivity contribution >= 4 is 6.09 Å². The highest BCUT2D eigenvalue weighted by Crippen LogP contribution is 2.22. The molecule has 0 bridgehead atoms. The standard InChI is InChI=1S/C15H16F3NO3/c1-15(2,3)22-14(20)19-9-5-6-10-11(16)7-4-8-12(10)21-13(17)18/h4,7-8,13H,9H2,1-3H3,(H,19,20). The molecule has 0 unspecified atom stereocenters. The van der Waals surface area contributed by atoms with Gasteiger partial charge >= 0.3 is 12.7 Å². The lowest BCUT2D eigenvalue weighted by atomic mass is 10.2. The SMILES string of the molecule is CC(C)(C)OC(=O)NCC#Cc1c(F)cccc1OC(F)F. The summed E-state index contributed by atoms with van der Waals surface area (Å²) in [4.78, 5) is 11.4. The van der Waals surface area contributed by atoms with E-state index in [-0.39, 0.29) is 17.9 Å². The van der Waals surface area contributed by atoms with E-state index in [1.54, 1.807) is 20.8 Å². The van der Waals surface area contributed by atoms with Crippen molar-refractivity contribution in [3.63, 3.8) is 0 Å². The summed E-state index contributed by atoms with van der Waals surface area (Å²) in [6.45, 7) is 1.89. The Hall–Kier alpha value is -2.36. The first kappa shape index (κ1) is 17.7. The van der Waals surface area contributed by atoms with Crippen molar-refractivity contribution in [1.29, 1.82) is 0 Å². The minimum atomic E-state index is -3.08. The molecule has 0 aliphatic carbocycles. The van der Waals surface area contributed by atoms with Crippen molar-refractivity contribution in [2.45, 2.75) is 33.0 Å². The van der Waals surface area contributed by atoms with Crippen LogP contribution in [0.1, 0.15) is 26.3 Å². The maximum Gasteiger partial charge on any atom is 0.408 e. The van der Waals surface area contributed by atoms with Crippen LogP contribution in [0.15, 0.2) is 18.2 Å². The number of nitrogens with one attached hydrogen (secondary N) is 1. The summed E-state index contributed by atoms with van der Waals surface area (Å²) >= 11 is 0. The lowest BCUT2D eigenvalue weighted by Gasteiger charge is -2.19. The normalized spacial score (nSPS) is 10.7. The Kier molecular flexibility index (Phi) is 6.11. The first-order chi connectivity index (χ1) is 10.2. The molecule has 1 aromatic rings. The molecular weight excluding hydrogens is 299 g/mol. The lowest BCUT2D eigenvalue weighted by molar-refractivity contribution is -0.0501. The second-order valence-corrected chi connectivity index (χ2v) is 5.15. The highest BCUT2D eigenvalue weighted by atomic mass is 19.3. The van der Waals surface area contributed by atoms with E-state index in [9.17, 15) is 18.0 Å². The number of alkyl carbamates (subject to hydrolysis) is 1. The minimum absolute atomic E-state index is 0.128. The number of rotatable bonds is 3. The van der Waals surface area contributed by atoms with Crippen LogP contribution >= 0.6 is 0 Å². The third-order valence-corrected chi connectivity index (χ3v) is 2.12. The molecule has 0 aromatic heterocycles. The predicted molar refractivity (Wildman–Crippen MR) is 74.1 cm³/mol.